The van der Waals surface area contributed by atoms with E-state index in [-0.39, 0.29) is 5.78 Å². The molecule has 0 aliphatic carbocycles. The third-order valence-corrected chi connectivity index (χ3v) is 2.99. The van der Waals surface area contributed by atoms with Gasteiger partial charge in [-0.1, -0.05) is 30.3 Å². The molecule has 0 saturated heterocycles. The standard InChI is InChI=1S/C13H10BrNO/c14-11-8-10(6-7-12(11)15)13(16)9-4-2-1-3-5-9/h1-8H,15H2. The van der Waals surface area contributed by atoms with Crippen LogP contribution >= 0.6 is 15.9 Å². The second kappa shape index (κ2) is 4.49. The summed E-state index contributed by atoms with van der Waals surface area (Å²) in [6, 6.07) is 14.4. The number of rotatable bonds is 2. The van der Waals surface area contributed by atoms with Crippen molar-refractivity contribution in [1.82, 2.24) is 0 Å². The molecule has 80 valence electrons. The molecule has 0 heterocycles. The molecule has 2 nitrogen and oxygen atoms in total. The van der Waals surface area contributed by atoms with Crippen molar-refractivity contribution in [3.63, 3.8) is 0 Å². The van der Waals surface area contributed by atoms with E-state index in [1.165, 1.54) is 0 Å². The first-order chi connectivity index (χ1) is 7.68. The summed E-state index contributed by atoms with van der Waals surface area (Å²) in [7, 11) is 0. The molecule has 0 radical (unpaired) electrons. The maximum Gasteiger partial charge on any atom is 0.193 e. The minimum Gasteiger partial charge on any atom is -0.398 e. The van der Waals surface area contributed by atoms with E-state index in [0.29, 0.717) is 16.8 Å². The number of hydrogen-bond donors (Lipinski definition) is 1. The predicted octanol–water partition coefficient (Wildman–Crippen LogP) is 3.26. The van der Waals surface area contributed by atoms with Crippen LogP contribution in [0.3, 0.4) is 0 Å². The van der Waals surface area contributed by atoms with Crippen molar-refractivity contribution in [2.75, 3.05) is 5.73 Å². The Kier molecular flexibility index (Phi) is 3.06. The molecule has 2 N–H and O–H groups in total. The highest BCUT2D eigenvalue weighted by atomic mass is 79.9. The summed E-state index contributed by atoms with van der Waals surface area (Å²) < 4.78 is 0.745. The van der Waals surface area contributed by atoms with E-state index < -0.39 is 0 Å². The van der Waals surface area contributed by atoms with Gasteiger partial charge in [0.25, 0.3) is 0 Å². The highest BCUT2D eigenvalue weighted by Gasteiger charge is 2.09. The van der Waals surface area contributed by atoms with Crippen LogP contribution in [0.15, 0.2) is 53.0 Å². The Balaban J connectivity index is 2.39. The molecule has 2 rings (SSSR count). The summed E-state index contributed by atoms with van der Waals surface area (Å²) in [4.78, 5) is 12.0. The van der Waals surface area contributed by atoms with Crippen LogP contribution in [0.4, 0.5) is 5.69 Å². The van der Waals surface area contributed by atoms with Crippen molar-refractivity contribution in [3.8, 4) is 0 Å². The van der Waals surface area contributed by atoms with Crippen molar-refractivity contribution in [2.24, 2.45) is 0 Å². The number of nitrogen functional groups attached to an aromatic ring is 1. The largest absolute Gasteiger partial charge is 0.398 e. The predicted molar refractivity (Wildman–Crippen MR) is 68.4 cm³/mol. The lowest BCUT2D eigenvalue weighted by molar-refractivity contribution is 0.103. The lowest BCUT2D eigenvalue weighted by atomic mass is 10.0. The van der Waals surface area contributed by atoms with Gasteiger partial charge in [-0.05, 0) is 34.1 Å². The fourth-order valence-corrected chi connectivity index (χ4v) is 1.80. The van der Waals surface area contributed by atoms with Crippen LogP contribution < -0.4 is 5.73 Å². The minimum absolute atomic E-state index is 0.00120. The fraction of sp³-hybridized carbons (Fsp3) is 0. The van der Waals surface area contributed by atoms with Gasteiger partial charge in [-0.2, -0.15) is 0 Å². The fourth-order valence-electron chi connectivity index (χ4n) is 1.42. The molecular formula is C13H10BrNO. The van der Waals surface area contributed by atoms with Gasteiger partial charge in [-0.25, -0.2) is 0 Å². The van der Waals surface area contributed by atoms with Crippen molar-refractivity contribution in [3.05, 3.63) is 64.1 Å². The maximum absolute atomic E-state index is 12.0. The van der Waals surface area contributed by atoms with E-state index in [1.54, 1.807) is 30.3 Å². The molecule has 2 aromatic carbocycles. The average molecular weight is 276 g/mol. The molecule has 0 atom stereocenters. The van der Waals surface area contributed by atoms with Crippen molar-refractivity contribution < 1.29 is 4.79 Å². The Hall–Kier alpha value is -1.61. The normalized spacial score (nSPS) is 10.1. The zero-order chi connectivity index (χ0) is 11.5. The van der Waals surface area contributed by atoms with Crippen molar-refractivity contribution >= 4 is 27.4 Å². The summed E-state index contributed by atoms with van der Waals surface area (Å²) in [5.41, 5.74) is 7.61. The molecule has 0 aromatic heterocycles. The smallest absolute Gasteiger partial charge is 0.193 e. The zero-order valence-electron chi connectivity index (χ0n) is 8.48. The number of nitrogens with two attached hydrogens (primary N) is 1. The molecule has 2 aromatic rings. The Morgan fingerprint density at radius 3 is 2.31 bits per heavy atom. The zero-order valence-corrected chi connectivity index (χ0v) is 10.1. The quantitative estimate of drug-likeness (QED) is 0.675. The van der Waals surface area contributed by atoms with Gasteiger partial charge in [-0.15, -0.1) is 0 Å². The van der Waals surface area contributed by atoms with E-state index in [0.717, 1.165) is 4.47 Å². The van der Waals surface area contributed by atoms with E-state index in [1.807, 2.05) is 18.2 Å². The first-order valence-corrected chi connectivity index (χ1v) is 5.62. The first-order valence-electron chi connectivity index (χ1n) is 4.83. The highest BCUT2D eigenvalue weighted by molar-refractivity contribution is 9.10. The summed E-state index contributed by atoms with van der Waals surface area (Å²) in [6.07, 6.45) is 0. The van der Waals surface area contributed by atoms with E-state index in [2.05, 4.69) is 15.9 Å². The number of anilines is 1. The van der Waals surface area contributed by atoms with Gasteiger partial charge < -0.3 is 5.73 Å². The van der Waals surface area contributed by atoms with Gasteiger partial charge in [0.1, 0.15) is 0 Å². The van der Waals surface area contributed by atoms with Crippen LogP contribution in [0.5, 0.6) is 0 Å². The van der Waals surface area contributed by atoms with Gasteiger partial charge in [0, 0.05) is 21.3 Å². The number of carbonyl (C=O) groups is 1. The number of benzene rings is 2. The van der Waals surface area contributed by atoms with Gasteiger partial charge in [0.15, 0.2) is 5.78 Å². The Labute approximate surface area is 102 Å². The Morgan fingerprint density at radius 1 is 1.00 bits per heavy atom. The van der Waals surface area contributed by atoms with Crippen LogP contribution in [0.1, 0.15) is 15.9 Å². The van der Waals surface area contributed by atoms with E-state index >= 15 is 0 Å². The molecular weight excluding hydrogens is 266 g/mol. The Morgan fingerprint density at radius 2 is 1.69 bits per heavy atom. The minimum atomic E-state index is 0.00120. The van der Waals surface area contributed by atoms with Crippen LogP contribution in [0.25, 0.3) is 0 Å². The molecule has 0 spiro atoms. The number of halogens is 1. The molecule has 0 saturated carbocycles. The highest BCUT2D eigenvalue weighted by Crippen LogP contribution is 2.21. The lowest BCUT2D eigenvalue weighted by Crippen LogP contribution is -2.01. The summed E-state index contributed by atoms with van der Waals surface area (Å²) in [5.74, 6) is 0.00120. The second-order valence-corrected chi connectivity index (χ2v) is 4.29. The maximum atomic E-state index is 12.0. The number of carbonyl (C=O) groups excluding carboxylic acids is 1. The summed E-state index contributed by atoms with van der Waals surface area (Å²) in [5, 5.41) is 0. The third kappa shape index (κ3) is 2.14. The van der Waals surface area contributed by atoms with E-state index in [9.17, 15) is 4.79 Å². The monoisotopic (exact) mass is 275 g/mol. The molecule has 0 aliphatic heterocycles. The van der Waals surface area contributed by atoms with Gasteiger partial charge in [0.05, 0.1) is 0 Å². The molecule has 0 bridgehead atoms. The molecule has 0 unspecified atom stereocenters. The topological polar surface area (TPSA) is 43.1 Å². The number of ketones is 1. The van der Waals surface area contributed by atoms with E-state index in [4.69, 9.17) is 5.73 Å². The van der Waals surface area contributed by atoms with Crippen LogP contribution in [-0.4, -0.2) is 5.78 Å². The SMILES string of the molecule is Nc1ccc(C(=O)c2ccccc2)cc1Br. The van der Waals surface area contributed by atoms with Gasteiger partial charge in [-0.3, -0.25) is 4.79 Å². The summed E-state index contributed by atoms with van der Waals surface area (Å²) >= 11 is 3.31. The average Bonchev–Trinajstić information content (AvgIpc) is 2.33. The van der Waals surface area contributed by atoms with Gasteiger partial charge in [0.2, 0.25) is 0 Å². The molecule has 0 fully saturated rings. The molecule has 3 heteroatoms. The van der Waals surface area contributed by atoms with Crippen molar-refractivity contribution in [1.29, 1.82) is 0 Å². The first kappa shape index (κ1) is 10.9. The Bertz CT molecular complexity index is 523. The molecule has 0 aliphatic rings. The third-order valence-electron chi connectivity index (χ3n) is 2.30. The summed E-state index contributed by atoms with van der Waals surface area (Å²) in [6.45, 7) is 0. The lowest BCUT2D eigenvalue weighted by Gasteiger charge is -2.03. The van der Waals surface area contributed by atoms with Crippen molar-refractivity contribution in [2.45, 2.75) is 0 Å². The molecule has 0 amide bonds. The van der Waals surface area contributed by atoms with Crippen LogP contribution in [0, 0.1) is 0 Å². The van der Waals surface area contributed by atoms with Gasteiger partial charge >= 0.3 is 0 Å². The molecule has 16 heavy (non-hydrogen) atoms. The number of hydrogen-bond acceptors (Lipinski definition) is 2. The van der Waals surface area contributed by atoms with Crippen LogP contribution in [0.2, 0.25) is 0 Å². The second-order valence-electron chi connectivity index (χ2n) is 3.43. The van der Waals surface area contributed by atoms with Crippen LogP contribution in [-0.2, 0) is 0 Å².